The van der Waals surface area contributed by atoms with Gasteiger partial charge in [0, 0.05) is 44.3 Å². The molecule has 1 amide bonds. The van der Waals surface area contributed by atoms with Gasteiger partial charge >= 0.3 is 0 Å². The molecule has 2 rings (SSSR count). The molecule has 1 fully saturated rings. The van der Waals surface area contributed by atoms with Gasteiger partial charge in [0.2, 0.25) is 0 Å². The zero-order valence-electron chi connectivity index (χ0n) is 11.8. The summed E-state index contributed by atoms with van der Waals surface area (Å²) in [5, 5.41) is 0. The Kier molecular flexibility index (Phi) is 4.56. The van der Waals surface area contributed by atoms with E-state index in [9.17, 15) is 4.79 Å². The lowest BCUT2D eigenvalue weighted by Crippen LogP contribution is -2.50. The molecule has 0 aromatic heterocycles. The summed E-state index contributed by atoms with van der Waals surface area (Å²) in [5.41, 5.74) is 7.38. The lowest BCUT2D eigenvalue weighted by atomic mass is 10.1. The fourth-order valence-electron chi connectivity index (χ4n) is 2.41. The van der Waals surface area contributed by atoms with E-state index in [1.54, 1.807) is 0 Å². The third-order valence-corrected chi connectivity index (χ3v) is 3.77. The molecule has 1 saturated heterocycles. The largest absolute Gasteiger partial charge is 0.336 e. The molecule has 0 aliphatic carbocycles. The number of nitrogens with zero attached hydrogens (tertiary/aromatic N) is 2. The topological polar surface area (TPSA) is 49.6 Å². The van der Waals surface area contributed by atoms with Crippen LogP contribution in [0.2, 0.25) is 0 Å². The van der Waals surface area contributed by atoms with Crippen molar-refractivity contribution in [2.24, 2.45) is 5.73 Å². The number of amides is 1. The minimum absolute atomic E-state index is 0.131. The molecule has 1 aromatic rings. The van der Waals surface area contributed by atoms with E-state index < -0.39 is 0 Å². The Morgan fingerprint density at radius 3 is 2.21 bits per heavy atom. The number of benzene rings is 1. The standard InChI is InChI=1S/C15H23N3O/c1-12(2)17-7-9-18(10-8-17)15(19)14-5-3-13(11-16)4-6-14/h3-6,12H,7-11,16H2,1-2H3. The molecule has 1 aliphatic heterocycles. The van der Waals surface area contributed by atoms with Gasteiger partial charge < -0.3 is 10.6 Å². The van der Waals surface area contributed by atoms with Gasteiger partial charge in [-0.3, -0.25) is 9.69 Å². The number of nitrogens with two attached hydrogens (primary N) is 1. The van der Waals surface area contributed by atoms with Crippen molar-refractivity contribution in [1.82, 2.24) is 9.80 Å². The fraction of sp³-hybridized carbons (Fsp3) is 0.533. The van der Waals surface area contributed by atoms with E-state index in [0.29, 0.717) is 12.6 Å². The highest BCUT2D eigenvalue weighted by molar-refractivity contribution is 5.94. The summed E-state index contributed by atoms with van der Waals surface area (Å²) >= 11 is 0. The third kappa shape index (κ3) is 3.33. The zero-order chi connectivity index (χ0) is 13.8. The quantitative estimate of drug-likeness (QED) is 0.892. The zero-order valence-corrected chi connectivity index (χ0v) is 11.8. The van der Waals surface area contributed by atoms with Crippen LogP contribution in [0.1, 0.15) is 29.8 Å². The predicted molar refractivity (Wildman–Crippen MR) is 76.9 cm³/mol. The summed E-state index contributed by atoms with van der Waals surface area (Å²) in [6, 6.07) is 8.16. The monoisotopic (exact) mass is 261 g/mol. The molecule has 1 heterocycles. The van der Waals surface area contributed by atoms with Crippen LogP contribution in [-0.4, -0.2) is 47.9 Å². The van der Waals surface area contributed by atoms with Gasteiger partial charge in [0.15, 0.2) is 0 Å². The van der Waals surface area contributed by atoms with Crippen LogP contribution in [0, 0.1) is 0 Å². The number of rotatable bonds is 3. The van der Waals surface area contributed by atoms with Crippen molar-refractivity contribution < 1.29 is 4.79 Å². The molecule has 4 heteroatoms. The van der Waals surface area contributed by atoms with Crippen LogP contribution in [0.25, 0.3) is 0 Å². The van der Waals surface area contributed by atoms with Crippen molar-refractivity contribution in [3.63, 3.8) is 0 Å². The fourth-order valence-corrected chi connectivity index (χ4v) is 2.41. The number of hydrogen-bond donors (Lipinski definition) is 1. The maximum Gasteiger partial charge on any atom is 0.253 e. The average molecular weight is 261 g/mol. The molecule has 0 radical (unpaired) electrons. The molecule has 0 spiro atoms. The highest BCUT2D eigenvalue weighted by Gasteiger charge is 2.23. The number of hydrogen-bond acceptors (Lipinski definition) is 3. The predicted octanol–water partition coefficient (Wildman–Crippen LogP) is 1.31. The highest BCUT2D eigenvalue weighted by Crippen LogP contribution is 2.11. The number of carbonyl (C=O) groups excluding carboxylic acids is 1. The molecule has 4 nitrogen and oxygen atoms in total. The Morgan fingerprint density at radius 1 is 1.16 bits per heavy atom. The smallest absolute Gasteiger partial charge is 0.253 e. The maximum absolute atomic E-state index is 12.4. The molecule has 1 aromatic carbocycles. The number of carbonyl (C=O) groups is 1. The maximum atomic E-state index is 12.4. The Morgan fingerprint density at radius 2 is 1.74 bits per heavy atom. The van der Waals surface area contributed by atoms with Gasteiger partial charge in [-0.25, -0.2) is 0 Å². The van der Waals surface area contributed by atoms with Crippen molar-refractivity contribution in [2.75, 3.05) is 26.2 Å². The van der Waals surface area contributed by atoms with E-state index in [1.165, 1.54) is 0 Å². The Bertz CT molecular complexity index is 420. The van der Waals surface area contributed by atoms with E-state index in [0.717, 1.165) is 37.3 Å². The second-order valence-corrected chi connectivity index (χ2v) is 5.32. The van der Waals surface area contributed by atoms with Crippen molar-refractivity contribution in [3.8, 4) is 0 Å². The molecule has 0 atom stereocenters. The van der Waals surface area contributed by atoms with Crippen molar-refractivity contribution in [1.29, 1.82) is 0 Å². The molecule has 104 valence electrons. The van der Waals surface area contributed by atoms with Crippen LogP contribution >= 0.6 is 0 Å². The van der Waals surface area contributed by atoms with Gasteiger partial charge in [-0.15, -0.1) is 0 Å². The van der Waals surface area contributed by atoms with Crippen LogP contribution < -0.4 is 5.73 Å². The van der Waals surface area contributed by atoms with Crippen LogP contribution in [-0.2, 0) is 6.54 Å². The summed E-state index contributed by atoms with van der Waals surface area (Å²) in [6.07, 6.45) is 0. The molecular formula is C15H23N3O. The second kappa shape index (κ2) is 6.17. The van der Waals surface area contributed by atoms with Crippen molar-refractivity contribution in [3.05, 3.63) is 35.4 Å². The molecule has 0 bridgehead atoms. The van der Waals surface area contributed by atoms with Crippen molar-refractivity contribution >= 4 is 5.91 Å². The molecule has 1 aliphatic rings. The van der Waals surface area contributed by atoms with E-state index in [4.69, 9.17) is 5.73 Å². The highest BCUT2D eigenvalue weighted by atomic mass is 16.2. The Hall–Kier alpha value is -1.39. The van der Waals surface area contributed by atoms with Gasteiger partial charge in [-0.05, 0) is 31.5 Å². The van der Waals surface area contributed by atoms with Crippen LogP contribution in [0.5, 0.6) is 0 Å². The lowest BCUT2D eigenvalue weighted by Gasteiger charge is -2.37. The lowest BCUT2D eigenvalue weighted by molar-refractivity contribution is 0.0595. The minimum atomic E-state index is 0.131. The van der Waals surface area contributed by atoms with Crippen LogP contribution in [0.15, 0.2) is 24.3 Å². The van der Waals surface area contributed by atoms with Crippen LogP contribution in [0.3, 0.4) is 0 Å². The van der Waals surface area contributed by atoms with E-state index >= 15 is 0 Å². The van der Waals surface area contributed by atoms with Crippen LogP contribution in [0.4, 0.5) is 0 Å². The second-order valence-electron chi connectivity index (χ2n) is 5.32. The number of piperazine rings is 1. The van der Waals surface area contributed by atoms with Crippen molar-refractivity contribution in [2.45, 2.75) is 26.4 Å². The SMILES string of the molecule is CC(C)N1CCN(C(=O)c2ccc(CN)cc2)CC1. The van der Waals surface area contributed by atoms with E-state index in [1.807, 2.05) is 29.2 Å². The van der Waals surface area contributed by atoms with Gasteiger partial charge in [-0.2, -0.15) is 0 Å². The molecule has 0 unspecified atom stereocenters. The van der Waals surface area contributed by atoms with Gasteiger partial charge in [-0.1, -0.05) is 12.1 Å². The Balaban J connectivity index is 1.97. The van der Waals surface area contributed by atoms with Gasteiger partial charge in [0.25, 0.3) is 5.91 Å². The first kappa shape index (κ1) is 14.0. The summed E-state index contributed by atoms with van der Waals surface area (Å²) in [4.78, 5) is 16.7. The normalized spacial score (nSPS) is 16.9. The third-order valence-electron chi connectivity index (χ3n) is 3.77. The first-order valence-corrected chi connectivity index (χ1v) is 6.94. The minimum Gasteiger partial charge on any atom is -0.336 e. The summed E-state index contributed by atoms with van der Waals surface area (Å²) < 4.78 is 0. The molecule has 2 N–H and O–H groups in total. The van der Waals surface area contributed by atoms with E-state index in [2.05, 4.69) is 18.7 Å². The first-order chi connectivity index (χ1) is 9.11. The van der Waals surface area contributed by atoms with E-state index in [-0.39, 0.29) is 5.91 Å². The molecular weight excluding hydrogens is 238 g/mol. The summed E-state index contributed by atoms with van der Waals surface area (Å²) in [7, 11) is 0. The van der Waals surface area contributed by atoms with Gasteiger partial charge in [0.05, 0.1) is 0 Å². The van der Waals surface area contributed by atoms with Gasteiger partial charge in [0.1, 0.15) is 0 Å². The summed E-state index contributed by atoms with van der Waals surface area (Å²) in [6.45, 7) is 8.47. The first-order valence-electron chi connectivity index (χ1n) is 6.94. The molecule has 0 saturated carbocycles. The molecule has 19 heavy (non-hydrogen) atoms. The average Bonchev–Trinajstić information content (AvgIpc) is 2.46. The Labute approximate surface area is 115 Å². The summed E-state index contributed by atoms with van der Waals surface area (Å²) in [5.74, 6) is 0.131.